The lowest BCUT2D eigenvalue weighted by atomic mass is 9.95. The summed E-state index contributed by atoms with van der Waals surface area (Å²) in [5.74, 6) is 0.712. The third-order valence-corrected chi connectivity index (χ3v) is 5.35. The van der Waals surface area contributed by atoms with E-state index in [-0.39, 0.29) is 11.4 Å². The van der Waals surface area contributed by atoms with Crippen molar-refractivity contribution in [2.45, 2.75) is 51.0 Å². The summed E-state index contributed by atoms with van der Waals surface area (Å²) in [6.07, 6.45) is 1.43. The first-order chi connectivity index (χ1) is 9.69. The molecule has 0 saturated heterocycles. The van der Waals surface area contributed by atoms with Crippen molar-refractivity contribution >= 4 is 10.0 Å². The Morgan fingerprint density at radius 2 is 1.67 bits per heavy atom. The Bertz CT molecular complexity index is 570. The van der Waals surface area contributed by atoms with Gasteiger partial charge in [0, 0.05) is 12.1 Å². The van der Waals surface area contributed by atoms with Crippen molar-refractivity contribution in [2.24, 2.45) is 5.73 Å². The van der Waals surface area contributed by atoms with Crippen LogP contribution in [0.4, 0.5) is 0 Å². The van der Waals surface area contributed by atoms with Gasteiger partial charge in [-0.3, -0.25) is 0 Å². The molecule has 0 aliphatic heterocycles. The Morgan fingerprint density at radius 3 is 2.05 bits per heavy atom. The molecule has 0 fully saturated rings. The van der Waals surface area contributed by atoms with E-state index in [1.165, 1.54) is 0 Å². The molecule has 3 N–H and O–H groups in total. The molecule has 0 spiro atoms. The smallest absolute Gasteiger partial charge is 0.240 e. The van der Waals surface area contributed by atoms with Crippen LogP contribution < -0.4 is 15.2 Å². The Morgan fingerprint density at radius 1 is 1.19 bits per heavy atom. The Hall–Kier alpha value is -1.11. The van der Waals surface area contributed by atoms with E-state index in [9.17, 15) is 8.42 Å². The predicted molar refractivity (Wildman–Crippen MR) is 85.2 cm³/mol. The first-order valence-electron chi connectivity index (χ1n) is 7.13. The Kier molecular flexibility index (Phi) is 5.78. The van der Waals surface area contributed by atoms with Crippen molar-refractivity contribution in [3.63, 3.8) is 0 Å². The number of benzene rings is 1. The molecule has 0 radical (unpaired) electrons. The molecule has 0 atom stereocenters. The molecule has 21 heavy (non-hydrogen) atoms. The zero-order valence-electron chi connectivity index (χ0n) is 13.5. The van der Waals surface area contributed by atoms with Gasteiger partial charge < -0.3 is 10.5 Å². The number of hydrogen-bond donors (Lipinski definition) is 2. The molecule has 5 nitrogen and oxygen atoms in total. The molecule has 120 valence electrons. The topological polar surface area (TPSA) is 81.4 Å². The van der Waals surface area contributed by atoms with Crippen molar-refractivity contribution < 1.29 is 13.2 Å². The third-order valence-electron chi connectivity index (χ3n) is 3.97. The number of hydrogen-bond acceptors (Lipinski definition) is 4. The molecule has 1 aromatic carbocycles. The maximum atomic E-state index is 12.4. The highest BCUT2D eigenvalue weighted by Crippen LogP contribution is 2.26. The summed E-state index contributed by atoms with van der Waals surface area (Å²) >= 11 is 0. The summed E-state index contributed by atoms with van der Waals surface area (Å²) in [5, 5.41) is 0. The highest BCUT2D eigenvalue weighted by molar-refractivity contribution is 7.89. The molecule has 0 heterocycles. The van der Waals surface area contributed by atoms with E-state index in [4.69, 9.17) is 10.5 Å². The van der Waals surface area contributed by atoms with Crippen LogP contribution in [0.1, 0.15) is 37.8 Å². The fourth-order valence-electron chi connectivity index (χ4n) is 2.21. The van der Waals surface area contributed by atoms with Crippen molar-refractivity contribution in [3.05, 3.63) is 23.3 Å². The monoisotopic (exact) mass is 314 g/mol. The van der Waals surface area contributed by atoms with Gasteiger partial charge in [-0.05, 0) is 49.9 Å². The van der Waals surface area contributed by atoms with Gasteiger partial charge in [-0.2, -0.15) is 0 Å². The minimum atomic E-state index is -3.57. The van der Waals surface area contributed by atoms with Crippen LogP contribution in [0.25, 0.3) is 0 Å². The van der Waals surface area contributed by atoms with Crippen molar-refractivity contribution in [1.82, 2.24) is 4.72 Å². The van der Waals surface area contributed by atoms with Crippen LogP contribution in [-0.4, -0.2) is 27.6 Å². The molecule has 0 aromatic heterocycles. The molecule has 1 aromatic rings. The second-order valence-corrected chi connectivity index (χ2v) is 7.25. The van der Waals surface area contributed by atoms with Gasteiger partial charge in [0.2, 0.25) is 10.0 Å². The molecule has 1 rings (SSSR count). The number of aryl methyl sites for hydroxylation is 2. The van der Waals surface area contributed by atoms with E-state index in [1.54, 1.807) is 19.2 Å². The van der Waals surface area contributed by atoms with Gasteiger partial charge in [-0.15, -0.1) is 0 Å². The van der Waals surface area contributed by atoms with E-state index >= 15 is 0 Å². The average molecular weight is 314 g/mol. The molecule has 0 saturated carbocycles. The maximum Gasteiger partial charge on any atom is 0.240 e. The minimum absolute atomic E-state index is 0.229. The quantitative estimate of drug-likeness (QED) is 0.807. The van der Waals surface area contributed by atoms with Gasteiger partial charge in [-0.25, -0.2) is 13.1 Å². The molecule has 0 unspecified atom stereocenters. The molecular weight excluding hydrogens is 288 g/mol. The van der Waals surface area contributed by atoms with Gasteiger partial charge in [0.15, 0.2) is 0 Å². The zero-order valence-corrected chi connectivity index (χ0v) is 14.3. The third kappa shape index (κ3) is 4.18. The summed E-state index contributed by atoms with van der Waals surface area (Å²) in [5.41, 5.74) is 7.22. The van der Waals surface area contributed by atoms with Crippen molar-refractivity contribution in [2.75, 3.05) is 13.7 Å². The largest absolute Gasteiger partial charge is 0.496 e. The predicted octanol–water partition coefficient (Wildman–Crippen LogP) is 2.11. The highest BCUT2D eigenvalue weighted by atomic mass is 32.2. The van der Waals surface area contributed by atoms with Crippen LogP contribution in [-0.2, 0) is 10.0 Å². The number of sulfonamides is 1. The van der Waals surface area contributed by atoms with E-state index < -0.39 is 15.6 Å². The standard InChI is InChI=1S/C15H26N2O3S/c1-6-15(16,7-2)10-17-21(18,19)13-8-11(3)14(20-5)12(4)9-13/h8-9,17H,6-7,10,16H2,1-5H3. The van der Waals surface area contributed by atoms with Gasteiger partial charge in [0.25, 0.3) is 0 Å². The van der Waals surface area contributed by atoms with Gasteiger partial charge in [-0.1, -0.05) is 13.8 Å². The normalized spacial score (nSPS) is 12.5. The number of methoxy groups -OCH3 is 1. The second-order valence-electron chi connectivity index (χ2n) is 5.48. The molecule has 0 amide bonds. The lowest BCUT2D eigenvalue weighted by molar-refractivity contribution is 0.391. The van der Waals surface area contributed by atoms with E-state index in [0.29, 0.717) is 18.6 Å². The zero-order chi connectivity index (χ0) is 16.3. The number of ether oxygens (including phenoxy) is 1. The van der Waals surface area contributed by atoms with Gasteiger partial charge in [0.1, 0.15) is 5.75 Å². The maximum absolute atomic E-state index is 12.4. The highest BCUT2D eigenvalue weighted by Gasteiger charge is 2.24. The molecule has 0 aliphatic rings. The van der Waals surface area contributed by atoms with Crippen LogP contribution in [0, 0.1) is 13.8 Å². The van der Waals surface area contributed by atoms with Crippen molar-refractivity contribution in [1.29, 1.82) is 0 Å². The van der Waals surface area contributed by atoms with E-state index in [1.807, 2.05) is 27.7 Å². The van der Waals surface area contributed by atoms with Crippen molar-refractivity contribution in [3.8, 4) is 5.75 Å². The second kappa shape index (κ2) is 6.77. The first-order valence-corrected chi connectivity index (χ1v) is 8.61. The first kappa shape index (κ1) is 17.9. The van der Waals surface area contributed by atoms with Crippen LogP contribution in [0.5, 0.6) is 5.75 Å². The van der Waals surface area contributed by atoms with E-state index in [2.05, 4.69) is 4.72 Å². The van der Waals surface area contributed by atoms with Crippen LogP contribution in [0.3, 0.4) is 0 Å². The van der Waals surface area contributed by atoms with Gasteiger partial charge in [0.05, 0.1) is 12.0 Å². The SMILES string of the molecule is CCC(N)(CC)CNS(=O)(=O)c1cc(C)c(OC)c(C)c1. The summed E-state index contributed by atoms with van der Waals surface area (Å²) in [6, 6.07) is 3.23. The van der Waals surface area contributed by atoms with Crippen LogP contribution >= 0.6 is 0 Å². The van der Waals surface area contributed by atoms with Crippen LogP contribution in [0.15, 0.2) is 17.0 Å². The summed E-state index contributed by atoms with van der Waals surface area (Å²) in [7, 11) is -1.99. The summed E-state index contributed by atoms with van der Waals surface area (Å²) in [4.78, 5) is 0.243. The fourth-order valence-corrected chi connectivity index (χ4v) is 3.52. The lowest BCUT2D eigenvalue weighted by Gasteiger charge is -2.26. The fraction of sp³-hybridized carbons (Fsp3) is 0.600. The average Bonchev–Trinajstić information content (AvgIpc) is 2.44. The molecule has 0 aliphatic carbocycles. The lowest BCUT2D eigenvalue weighted by Crippen LogP contribution is -2.49. The molecule has 6 heteroatoms. The van der Waals surface area contributed by atoms with Gasteiger partial charge >= 0.3 is 0 Å². The van der Waals surface area contributed by atoms with E-state index in [0.717, 1.165) is 11.1 Å². The Labute approximate surface area is 127 Å². The van der Waals surface area contributed by atoms with Crippen LogP contribution in [0.2, 0.25) is 0 Å². The Balaban J connectivity index is 3.04. The number of rotatable bonds is 7. The minimum Gasteiger partial charge on any atom is -0.496 e. The summed E-state index contributed by atoms with van der Waals surface area (Å²) < 4.78 is 32.7. The molecule has 0 bridgehead atoms. The number of nitrogens with one attached hydrogen (secondary N) is 1. The summed E-state index contributed by atoms with van der Waals surface area (Å²) in [6.45, 7) is 7.80. The molecular formula is C15H26N2O3S. The number of nitrogens with two attached hydrogens (primary N) is 1.